The molecule has 0 atom stereocenters. The average molecular weight is 554 g/mol. The number of carbonyl (C=O) groups excluding carboxylic acids is 1. The van der Waals surface area contributed by atoms with Gasteiger partial charge in [0.05, 0.1) is 12.8 Å². The smallest absolute Gasteiger partial charge is 0.259 e. The van der Waals surface area contributed by atoms with Gasteiger partial charge in [-0.05, 0) is 88.8 Å². The van der Waals surface area contributed by atoms with Crippen LogP contribution in [0.2, 0.25) is 10.0 Å². The second-order valence-electron chi connectivity index (χ2n) is 6.25. The molecule has 0 aliphatic carbocycles. The number of rotatable bonds is 8. The second-order valence-corrected chi connectivity index (χ2v) is 8.34. The van der Waals surface area contributed by atoms with Gasteiger partial charge in [0, 0.05) is 24.9 Å². The number of nitrogens with one attached hydrogen (secondary N) is 2. The Morgan fingerprint density at radius 2 is 1.77 bits per heavy atom. The third kappa shape index (κ3) is 7.19. The maximum absolute atomic E-state index is 11.9. The molecule has 0 unspecified atom stereocenters. The standard InChI is InChI=1S/C22H18Cl2IN3O2/c23-17-4-3-16(21(24)11-17)14-30-20-9-1-15(2-10-20)12-27-28-22(29)13-26-19-7-5-18(25)6-8-19/h1-12,26H,13-14H2,(H,28,29)/b27-12-. The number of carbonyl (C=O) groups is 1. The largest absolute Gasteiger partial charge is 0.489 e. The lowest BCUT2D eigenvalue weighted by atomic mass is 10.2. The van der Waals surface area contributed by atoms with Crippen LogP contribution in [0.4, 0.5) is 5.69 Å². The minimum Gasteiger partial charge on any atom is -0.489 e. The van der Waals surface area contributed by atoms with Crippen molar-refractivity contribution < 1.29 is 9.53 Å². The maximum Gasteiger partial charge on any atom is 0.259 e. The molecule has 0 spiro atoms. The Balaban J connectivity index is 1.43. The quantitative estimate of drug-likeness (QED) is 0.212. The molecule has 5 nitrogen and oxygen atoms in total. The van der Waals surface area contributed by atoms with E-state index in [0.29, 0.717) is 22.4 Å². The first kappa shape index (κ1) is 22.4. The Hall–Kier alpha value is -2.29. The summed E-state index contributed by atoms with van der Waals surface area (Å²) in [5.74, 6) is 0.466. The van der Waals surface area contributed by atoms with E-state index in [1.807, 2.05) is 54.6 Å². The van der Waals surface area contributed by atoms with Crippen molar-refractivity contribution in [1.29, 1.82) is 0 Å². The highest BCUT2D eigenvalue weighted by atomic mass is 127. The summed E-state index contributed by atoms with van der Waals surface area (Å²) >= 11 is 14.3. The molecule has 0 saturated heterocycles. The van der Waals surface area contributed by atoms with E-state index in [1.54, 1.807) is 18.3 Å². The van der Waals surface area contributed by atoms with Crippen LogP contribution in [0.5, 0.6) is 5.75 Å². The fourth-order valence-electron chi connectivity index (χ4n) is 2.42. The first-order valence-corrected chi connectivity index (χ1v) is 10.8. The van der Waals surface area contributed by atoms with E-state index in [-0.39, 0.29) is 12.5 Å². The topological polar surface area (TPSA) is 62.7 Å². The van der Waals surface area contributed by atoms with E-state index in [9.17, 15) is 4.79 Å². The van der Waals surface area contributed by atoms with Gasteiger partial charge in [-0.2, -0.15) is 5.10 Å². The van der Waals surface area contributed by atoms with Crippen molar-refractivity contribution in [2.75, 3.05) is 11.9 Å². The van der Waals surface area contributed by atoms with Gasteiger partial charge in [0.25, 0.3) is 5.91 Å². The number of hydrogen-bond donors (Lipinski definition) is 2. The van der Waals surface area contributed by atoms with Crippen LogP contribution in [0.15, 0.2) is 71.8 Å². The summed E-state index contributed by atoms with van der Waals surface area (Å²) in [4.78, 5) is 11.9. The number of anilines is 1. The van der Waals surface area contributed by atoms with Crippen LogP contribution in [0.3, 0.4) is 0 Å². The van der Waals surface area contributed by atoms with Gasteiger partial charge < -0.3 is 10.1 Å². The van der Waals surface area contributed by atoms with E-state index >= 15 is 0 Å². The Morgan fingerprint density at radius 3 is 2.47 bits per heavy atom. The first-order valence-electron chi connectivity index (χ1n) is 8.98. The molecule has 0 aromatic heterocycles. The highest BCUT2D eigenvalue weighted by Gasteiger charge is 2.03. The molecule has 0 fully saturated rings. The molecule has 3 rings (SSSR count). The lowest BCUT2D eigenvalue weighted by Gasteiger charge is -2.08. The van der Waals surface area contributed by atoms with E-state index < -0.39 is 0 Å². The molecule has 0 aliphatic rings. The van der Waals surface area contributed by atoms with Crippen molar-refractivity contribution in [1.82, 2.24) is 5.43 Å². The highest BCUT2D eigenvalue weighted by molar-refractivity contribution is 14.1. The maximum atomic E-state index is 11.9. The number of hydrazone groups is 1. The van der Waals surface area contributed by atoms with Crippen LogP contribution in [-0.2, 0) is 11.4 Å². The zero-order chi connectivity index (χ0) is 21.3. The summed E-state index contributed by atoms with van der Waals surface area (Å²) in [6.45, 7) is 0.477. The second kappa shape index (κ2) is 11.2. The molecule has 3 aromatic rings. The molecule has 0 aliphatic heterocycles. The van der Waals surface area contributed by atoms with Gasteiger partial charge in [-0.15, -0.1) is 0 Å². The molecule has 3 aromatic carbocycles. The van der Waals surface area contributed by atoms with E-state index in [2.05, 4.69) is 38.4 Å². The summed E-state index contributed by atoms with van der Waals surface area (Å²) in [7, 11) is 0. The van der Waals surface area contributed by atoms with Crippen molar-refractivity contribution in [2.45, 2.75) is 6.61 Å². The van der Waals surface area contributed by atoms with Gasteiger partial charge in [-0.1, -0.05) is 29.3 Å². The van der Waals surface area contributed by atoms with Gasteiger partial charge in [-0.25, -0.2) is 5.43 Å². The Bertz CT molecular complexity index is 1030. The van der Waals surface area contributed by atoms with Crippen molar-refractivity contribution in [3.8, 4) is 5.75 Å². The zero-order valence-electron chi connectivity index (χ0n) is 15.7. The van der Waals surface area contributed by atoms with E-state index in [4.69, 9.17) is 27.9 Å². The molecular weight excluding hydrogens is 536 g/mol. The van der Waals surface area contributed by atoms with Gasteiger partial charge in [0.2, 0.25) is 0 Å². The molecule has 8 heteroatoms. The number of benzene rings is 3. The highest BCUT2D eigenvalue weighted by Crippen LogP contribution is 2.22. The van der Waals surface area contributed by atoms with Crippen molar-refractivity contribution in [3.63, 3.8) is 0 Å². The molecule has 0 saturated carbocycles. The normalized spacial score (nSPS) is 10.8. The van der Waals surface area contributed by atoms with Crippen molar-refractivity contribution in [3.05, 3.63) is 91.5 Å². The van der Waals surface area contributed by atoms with Crippen LogP contribution in [0.1, 0.15) is 11.1 Å². The Morgan fingerprint density at radius 1 is 1.03 bits per heavy atom. The van der Waals surface area contributed by atoms with Crippen molar-refractivity contribution >= 4 is 63.6 Å². The minimum atomic E-state index is -0.232. The lowest BCUT2D eigenvalue weighted by molar-refractivity contribution is -0.119. The van der Waals surface area contributed by atoms with Crippen LogP contribution >= 0.6 is 45.8 Å². The number of hydrogen-bond acceptors (Lipinski definition) is 4. The fraction of sp³-hybridized carbons (Fsp3) is 0.0909. The van der Waals surface area contributed by atoms with Crippen molar-refractivity contribution in [2.24, 2.45) is 5.10 Å². The van der Waals surface area contributed by atoms with Crippen LogP contribution < -0.4 is 15.5 Å². The number of nitrogens with zero attached hydrogens (tertiary/aromatic N) is 1. The summed E-state index contributed by atoms with van der Waals surface area (Å²) < 4.78 is 6.88. The van der Waals surface area contributed by atoms with E-state index in [0.717, 1.165) is 20.4 Å². The zero-order valence-corrected chi connectivity index (χ0v) is 19.4. The third-order valence-corrected chi connectivity index (χ3v) is 5.30. The van der Waals surface area contributed by atoms with Gasteiger partial charge >= 0.3 is 0 Å². The first-order chi connectivity index (χ1) is 14.5. The van der Waals surface area contributed by atoms with Crippen LogP contribution in [-0.4, -0.2) is 18.7 Å². The average Bonchev–Trinajstić information content (AvgIpc) is 2.74. The number of amides is 1. The van der Waals surface area contributed by atoms with Crippen LogP contribution in [0, 0.1) is 3.57 Å². The predicted octanol–water partition coefficient (Wildman–Crippen LogP) is 5.74. The number of ether oxygens (including phenoxy) is 1. The van der Waals surface area contributed by atoms with Gasteiger partial charge in [0.1, 0.15) is 12.4 Å². The van der Waals surface area contributed by atoms with Gasteiger partial charge in [-0.3, -0.25) is 4.79 Å². The Kier molecular flexibility index (Phi) is 8.36. The summed E-state index contributed by atoms with van der Waals surface area (Å²) in [5, 5.41) is 8.17. The molecule has 30 heavy (non-hydrogen) atoms. The lowest BCUT2D eigenvalue weighted by Crippen LogP contribution is -2.25. The predicted molar refractivity (Wildman–Crippen MR) is 131 cm³/mol. The molecule has 154 valence electrons. The summed E-state index contributed by atoms with van der Waals surface area (Å²) in [6.07, 6.45) is 1.57. The van der Waals surface area contributed by atoms with E-state index in [1.165, 1.54) is 0 Å². The third-order valence-electron chi connectivity index (χ3n) is 3.99. The SMILES string of the molecule is O=C(CNc1ccc(I)cc1)N/N=C\c1ccc(OCc2ccc(Cl)cc2Cl)cc1. The molecule has 1 amide bonds. The molecule has 2 N–H and O–H groups in total. The van der Waals surface area contributed by atoms with Crippen LogP contribution in [0.25, 0.3) is 0 Å². The Labute approximate surface area is 198 Å². The minimum absolute atomic E-state index is 0.137. The molecule has 0 heterocycles. The summed E-state index contributed by atoms with van der Waals surface area (Å²) in [5.41, 5.74) is 5.06. The molecule has 0 radical (unpaired) electrons. The summed E-state index contributed by atoms with van der Waals surface area (Å²) in [6, 6.07) is 20.4. The fourth-order valence-corrected chi connectivity index (χ4v) is 3.24. The van der Waals surface area contributed by atoms with Gasteiger partial charge in [0.15, 0.2) is 0 Å². The monoisotopic (exact) mass is 553 g/mol. The molecular formula is C22H18Cl2IN3O2. The molecule has 0 bridgehead atoms. The number of halogens is 3.